The molecule has 2 heterocycles. The van der Waals surface area contributed by atoms with Gasteiger partial charge in [-0.1, -0.05) is 67.5 Å². The summed E-state index contributed by atoms with van der Waals surface area (Å²) < 4.78 is 0. The first-order chi connectivity index (χ1) is 17.8. The number of amides is 1. The molecule has 2 N–H and O–H groups in total. The molecule has 0 radical (unpaired) electrons. The largest absolute Gasteiger partial charge is 0.352 e. The summed E-state index contributed by atoms with van der Waals surface area (Å²) in [4.78, 5) is 30.6. The first-order valence-corrected chi connectivity index (χ1v) is 13.3. The molecule has 0 bridgehead atoms. The molecule has 37 heavy (non-hydrogen) atoms. The third-order valence-electron chi connectivity index (χ3n) is 6.58. The van der Waals surface area contributed by atoms with Gasteiger partial charge in [-0.05, 0) is 41.7 Å². The van der Waals surface area contributed by atoms with E-state index in [0.717, 1.165) is 22.2 Å². The number of nitrogens with one attached hydrogen (secondary N) is 2. The Hall–Kier alpha value is -3.60. The minimum atomic E-state index is -0.505. The van der Waals surface area contributed by atoms with Gasteiger partial charge in [-0.3, -0.25) is 14.6 Å². The smallest absolute Gasteiger partial charge is 0.234 e. The van der Waals surface area contributed by atoms with Crippen molar-refractivity contribution >= 4 is 51.6 Å². The molecule has 2 aliphatic rings. The summed E-state index contributed by atoms with van der Waals surface area (Å²) in [5.41, 5.74) is 3.86. The van der Waals surface area contributed by atoms with E-state index in [0.29, 0.717) is 39.7 Å². The molecule has 3 aromatic rings. The molecule has 1 aromatic heterocycles. The lowest BCUT2D eigenvalue weighted by molar-refractivity contribution is -0.118. The molecule has 0 saturated carbocycles. The van der Waals surface area contributed by atoms with Gasteiger partial charge in [0, 0.05) is 34.3 Å². The topological polar surface area (TPSA) is 94.9 Å². The number of pyridine rings is 1. The number of benzene rings is 2. The van der Waals surface area contributed by atoms with Crippen molar-refractivity contribution in [3.05, 3.63) is 93.3 Å². The monoisotopic (exact) mass is 528 g/mol. The van der Waals surface area contributed by atoms with Crippen molar-refractivity contribution in [1.82, 2.24) is 10.3 Å². The van der Waals surface area contributed by atoms with E-state index >= 15 is 0 Å². The van der Waals surface area contributed by atoms with E-state index in [1.54, 1.807) is 18.3 Å². The number of Topliss-reactive ketones (excluding diaryl/α,β-unsaturated/α-hetero) is 1. The Kier molecular flexibility index (Phi) is 6.80. The van der Waals surface area contributed by atoms with Gasteiger partial charge in [0.2, 0.25) is 5.91 Å². The van der Waals surface area contributed by atoms with Crippen LogP contribution in [0.3, 0.4) is 0 Å². The fourth-order valence-corrected chi connectivity index (χ4v) is 6.00. The number of aromatic nitrogens is 1. The Balaban J connectivity index is 1.44. The number of carbonyl (C=O) groups is 2. The van der Waals surface area contributed by atoms with Crippen LogP contribution < -0.4 is 10.6 Å². The average molecular weight is 529 g/mol. The van der Waals surface area contributed by atoms with E-state index in [-0.39, 0.29) is 22.9 Å². The van der Waals surface area contributed by atoms with Gasteiger partial charge in [-0.15, -0.1) is 0 Å². The highest BCUT2D eigenvalue weighted by molar-refractivity contribution is 8.03. The molecule has 5 rings (SSSR count). The van der Waals surface area contributed by atoms with Crippen LogP contribution in [0.1, 0.15) is 38.2 Å². The van der Waals surface area contributed by atoms with Crippen LogP contribution >= 0.6 is 23.4 Å². The van der Waals surface area contributed by atoms with Crippen molar-refractivity contribution in [2.45, 2.75) is 32.6 Å². The van der Waals surface area contributed by atoms with Gasteiger partial charge in [-0.2, -0.15) is 5.26 Å². The number of thioether (sulfide) groups is 1. The third-order valence-corrected chi connectivity index (χ3v) is 7.85. The van der Waals surface area contributed by atoms with E-state index in [4.69, 9.17) is 11.6 Å². The number of nitriles is 1. The Labute approximate surface area is 224 Å². The van der Waals surface area contributed by atoms with Crippen LogP contribution in [-0.2, 0) is 9.59 Å². The fourth-order valence-electron chi connectivity index (χ4n) is 5.01. The molecule has 1 aliphatic heterocycles. The summed E-state index contributed by atoms with van der Waals surface area (Å²) >= 11 is 7.38. The molecule has 2 aromatic carbocycles. The number of ketones is 1. The third kappa shape index (κ3) is 5.13. The zero-order valence-corrected chi connectivity index (χ0v) is 22.0. The van der Waals surface area contributed by atoms with E-state index in [9.17, 15) is 14.9 Å². The highest BCUT2D eigenvalue weighted by atomic mass is 35.5. The van der Waals surface area contributed by atoms with Crippen LogP contribution in [-0.4, -0.2) is 22.4 Å². The lowest BCUT2D eigenvalue weighted by Gasteiger charge is -2.39. The van der Waals surface area contributed by atoms with Crippen molar-refractivity contribution in [2.75, 3.05) is 11.1 Å². The number of dihydropyridines is 1. The minimum absolute atomic E-state index is 0.0386. The highest BCUT2D eigenvalue weighted by Gasteiger charge is 2.41. The predicted octanol–water partition coefficient (Wildman–Crippen LogP) is 6.33. The maximum Gasteiger partial charge on any atom is 0.234 e. The summed E-state index contributed by atoms with van der Waals surface area (Å²) in [6.45, 7) is 4.13. The average Bonchev–Trinajstić information content (AvgIpc) is 2.86. The molecule has 0 saturated heterocycles. The molecular weight excluding hydrogens is 504 g/mol. The number of carbonyl (C=O) groups excluding carboxylic acids is 2. The molecule has 1 aliphatic carbocycles. The van der Waals surface area contributed by atoms with Gasteiger partial charge >= 0.3 is 0 Å². The lowest BCUT2D eigenvalue weighted by Crippen LogP contribution is -2.37. The molecule has 1 amide bonds. The number of halogens is 1. The van der Waals surface area contributed by atoms with E-state index in [2.05, 4.69) is 35.5 Å². The number of anilines is 1. The molecule has 0 fully saturated rings. The number of rotatable bonds is 5. The van der Waals surface area contributed by atoms with Crippen molar-refractivity contribution in [3.63, 3.8) is 0 Å². The van der Waals surface area contributed by atoms with Crippen molar-refractivity contribution in [1.29, 1.82) is 5.26 Å². The molecule has 186 valence electrons. The van der Waals surface area contributed by atoms with Crippen LogP contribution in [0.5, 0.6) is 0 Å². The Bertz CT molecular complexity index is 1510. The second-order valence-electron chi connectivity index (χ2n) is 10.0. The van der Waals surface area contributed by atoms with Gasteiger partial charge in [0.25, 0.3) is 0 Å². The molecule has 8 heteroatoms. The number of fused-ring (bicyclic) bond motifs is 1. The van der Waals surface area contributed by atoms with E-state index in [1.807, 2.05) is 42.5 Å². The van der Waals surface area contributed by atoms with Gasteiger partial charge in [0.15, 0.2) is 5.78 Å². The quantitative estimate of drug-likeness (QED) is 0.402. The second kappa shape index (κ2) is 10.0. The van der Waals surface area contributed by atoms with Gasteiger partial charge in [0.1, 0.15) is 0 Å². The maximum absolute atomic E-state index is 13.3. The maximum atomic E-state index is 13.3. The number of hydrogen-bond donors (Lipinski definition) is 2. The summed E-state index contributed by atoms with van der Waals surface area (Å²) in [7, 11) is 0. The number of para-hydroxylation sites is 1. The highest BCUT2D eigenvalue weighted by Crippen LogP contribution is 2.48. The zero-order valence-electron chi connectivity index (χ0n) is 20.5. The fraction of sp³-hybridized carbons (Fsp3) is 0.241. The summed E-state index contributed by atoms with van der Waals surface area (Å²) in [6.07, 6.45) is 2.78. The van der Waals surface area contributed by atoms with Crippen LogP contribution in [0.2, 0.25) is 5.02 Å². The Morgan fingerprint density at radius 2 is 1.95 bits per heavy atom. The Morgan fingerprint density at radius 3 is 2.70 bits per heavy atom. The molecular formula is C29H25ClN4O2S. The number of nitrogens with zero attached hydrogens (tertiary/aromatic N) is 2. The predicted molar refractivity (Wildman–Crippen MR) is 148 cm³/mol. The molecule has 6 nitrogen and oxygen atoms in total. The first kappa shape index (κ1) is 25.1. The normalized spacial score (nSPS) is 18.8. The van der Waals surface area contributed by atoms with Gasteiger partial charge < -0.3 is 10.6 Å². The van der Waals surface area contributed by atoms with Gasteiger partial charge in [0.05, 0.1) is 39.5 Å². The summed E-state index contributed by atoms with van der Waals surface area (Å²) in [6, 6.07) is 19.0. The molecule has 1 atom stereocenters. The van der Waals surface area contributed by atoms with Crippen molar-refractivity contribution in [3.8, 4) is 6.07 Å². The van der Waals surface area contributed by atoms with Crippen LogP contribution in [0.25, 0.3) is 10.9 Å². The molecule has 0 spiro atoms. The number of hydrogen-bond acceptors (Lipinski definition) is 6. The lowest BCUT2D eigenvalue weighted by atomic mass is 9.69. The SMILES string of the molecule is CC1(C)CC(=O)C2=C(C1)NC(SCC(=O)Nc1cccc3cccnc13)=C(C#N)[C@H]2c1ccc(Cl)cc1. The van der Waals surface area contributed by atoms with E-state index in [1.165, 1.54) is 11.8 Å². The summed E-state index contributed by atoms with van der Waals surface area (Å²) in [5.74, 6) is -0.589. The summed E-state index contributed by atoms with van der Waals surface area (Å²) in [5, 5.41) is 18.6. The standard InChI is InChI=1S/C29H25ClN4O2S/c1-29(2)13-22-26(23(35)14-29)25(17-8-10-19(30)11-9-17)20(15-31)28(34-22)37-16-24(36)33-21-7-3-5-18-6-4-12-32-27(18)21/h3-12,25,34H,13-14,16H2,1-2H3,(H,33,36)/t25-/m1/s1. The Morgan fingerprint density at radius 1 is 1.19 bits per heavy atom. The van der Waals surface area contributed by atoms with Gasteiger partial charge in [-0.25, -0.2) is 0 Å². The molecule has 0 unspecified atom stereocenters. The first-order valence-electron chi connectivity index (χ1n) is 11.9. The van der Waals surface area contributed by atoms with E-state index < -0.39 is 5.92 Å². The van der Waals surface area contributed by atoms with Crippen LogP contribution in [0.4, 0.5) is 5.69 Å². The number of allylic oxidation sites excluding steroid dienone is 3. The zero-order chi connectivity index (χ0) is 26.2. The van der Waals surface area contributed by atoms with Crippen LogP contribution in [0.15, 0.2) is 82.7 Å². The van der Waals surface area contributed by atoms with Crippen LogP contribution in [0, 0.1) is 16.7 Å². The van der Waals surface area contributed by atoms with Crippen molar-refractivity contribution in [2.24, 2.45) is 5.41 Å². The second-order valence-corrected chi connectivity index (χ2v) is 11.4. The van der Waals surface area contributed by atoms with Crippen molar-refractivity contribution < 1.29 is 9.59 Å². The minimum Gasteiger partial charge on any atom is -0.352 e.